The minimum absolute atomic E-state index is 0.0455. The second-order valence-electron chi connectivity index (χ2n) is 6.97. The summed E-state index contributed by atoms with van der Waals surface area (Å²) in [5.41, 5.74) is 2.73. The van der Waals surface area contributed by atoms with Crippen molar-refractivity contribution in [3.63, 3.8) is 0 Å². The van der Waals surface area contributed by atoms with Crippen molar-refractivity contribution in [2.45, 2.75) is 6.61 Å². The van der Waals surface area contributed by atoms with Gasteiger partial charge in [-0.2, -0.15) is 5.26 Å². The smallest absolute Gasteiger partial charge is 0.270 e. The highest BCUT2D eigenvalue weighted by atomic mass is 16.6. The van der Waals surface area contributed by atoms with Crippen LogP contribution in [0, 0.1) is 21.4 Å². The van der Waals surface area contributed by atoms with Crippen LogP contribution in [0.1, 0.15) is 16.7 Å². The fourth-order valence-electron chi connectivity index (χ4n) is 3.37. The minimum atomic E-state index is -0.472. The lowest BCUT2D eigenvalue weighted by atomic mass is 10.0. The van der Waals surface area contributed by atoms with Crippen molar-refractivity contribution in [3.8, 4) is 11.8 Å². The molecule has 0 aliphatic heterocycles. The molecule has 0 aliphatic rings. The third kappa shape index (κ3) is 4.60. The molecular weight excluding hydrogens is 388 g/mol. The summed E-state index contributed by atoms with van der Waals surface area (Å²) in [4.78, 5) is 10.5. The zero-order valence-electron chi connectivity index (χ0n) is 16.6. The van der Waals surface area contributed by atoms with Gasteiger partial charge in [-0.3, -0.25) is 10.1 Å². The van der Waals surface area contributed by atoms with Gasteiger partial charge in [0.15, 0.2) is 0 Å². The van der Waals surface area contributed by atoms with E-state index in [1.165, 1.54) is 22.9 Å². The number of allylic oxidation sites excluding steroid dienone is 1. The molecule has 0 atom stereocenters. The highest BCUT2D eigenvalue weighted by Gasteiger charge is 2.09. The molecule has 0 heterocycles. The Bertz CT molecular complexity index is 1310. The van der Waals surface area contributed by atoms with Gasteiger partial charge in [0.25, 0.3) is 5.69 Å². The fourth-order valence-corrected chi connectivity index (χ4v) is 3.37. The second-order valence-corrected chi connectivity index (χ2v) is 6.97. The SMILES string of the molecule is N#CC(=Cc1ccc(OCc2cccc3ccccc23)cc1)c1cccc([N+](=O)[O-])c1. The molecule has 0 unspecified atom stereocenters. The van der Waals surface area contributed by atoms with E-state index in [1.807, 2.05) is 42.5 Å². The van der Waals surface area contributed by atoms with E-state index in [-0.39, 0.29) is 5.69 Å². The van der Waals surface area contributed by atoms with Crippen molar-refractivity contribution >= 4 is 28.1 Å². The number of fused-ring (bicyclic) bond motifs is 1. The van der Waals surface area contributed by atoms with Crippen LogP contribution >= 0.6 is 0 Å². The Labute approximate surface area is 179 Å². The van der Waals surface area contributed by atoms with Crippen LogP contribution in [0.25, 0.3) is 22.4 Å². The largest absolute Gasteiger partial charge is 0.489 e. The molecule has 4 aromatic carbocycles. The average Bonchev–Trinajstić information content (AvgIpc) is 2.82. The molecule has 0 aromatic heterocycles. The molecule has 0 radical (unpaired) electrons. The molecule has 0 bridgehead atoms. The van der Waals surface area contributed by atoms with E-state index in [1.54, 1.807) is 18.2 Å². The van der Waals surface area contributed by atoms with E-state index in [0.29, 0.717) is 17.7 Å². The van der Waals surface area contributed by atoms with Crippen molar-refractivity contribution in [1.82, 2.24) is 0 Å². The summed E-state index contributed by atoms with van der Waals surface area (Å²) in [6.07, 6.45) is 1.70. The van der Waals surface area contributed by atoms with E-state index < -0.39 is 4.92 Å². The van der Waals surface area contributed by atoms with Crippen molar-refractivity contribution in [2.75, 3.05) is 0 Å². The highest BCUT2D eigenvalue weighted by molar-refractivity contribution is 5.90. The van der Waals surface area contributed by atoms with Gasteiger partial charge in [-0.05, 0) is 45.7 Å². The molecule has 31 heavy (non-hydrogen) atoms. The molecule has 150 valence electrons. The number of hydrogen-bond acceptors (Lipinski definition) is 4. The summed E-state index contributed by atoms with van der Waals surface area (Å²) in [5, 5.41) is 22.8. The van der Waals surface area contributed by atoms with Crippen LogP contribution in [-0.4, -0.2) is 4.92 Å². The van der Waals surface area contributed by atoms with Gasteiger partial charge in [-0.1, -0.05) is 66.7 Å². The average molecular weight is 406 g/mol. The van der Waals surface area contributed by atoms with Crippen LogP contribution < -0.4 is 4.74 Å². The summed E-state index contributed by atoms with van der Waals surface area (Å²) < 4.78 is 5.95. The number of ether oxygens (including phenoxy) is 1. The Hall–Kier alpha value is -4.43. The quantitative estimate of drug-likeness (QED) is 0.161. The third-order valence-electron chi connectivity index (χ3n) is 4.95. The lowest BCUT2D eigenvalue weighted by molar-refractivity contribution is -0.384. The van der Waals surface area contributed by atoms with Crippen molar-refractivity contribution in [3.05, 3.63) is 118 Å². The van der Waals surface area contributed by atoms with Crippen molar-refractivity contribution in [2.24, 2.45) is 0 Å². The maximum Gasteiger partial charge on any atom is 0.270 e. The van der Waals surface area contributed by atoms with Crippen LogP contribution in [0.3, 0.4) is 0 Å². The van der Waals surface area contributed by atoms with Gasteiger partial charge in [0.1, 0.15) is 12.4 Å². The number of hydrogen-bond donors (Lipinski definition) is 0. The topological polar surface area (TPSA) is 76.2 Å². The van der Waals surface area contributed by atoms with Crippen LogP contribution in [0.4, 0.5) is 5.69 Å². The third-order valence-corrected chi connectivity index (χ3v) is 4.95. The summed E-state index contributed by atoms with van der Waals surface area (Å²) in [6, 6.07) is 29.9. The number of nitrogens with zero attached hydrogens (tertiary/aromatic N) is 2. The lowest BCUT2D eigenvalue weighted by Crippen LogP contribution is -1.96. The van der Waals surface area contributed by atoms with Crippen LogP contribution in [-0.2, 0) is 6.61 Å². The molecular formula is C26H18N2O3. The Morgan fingerprint density at radius 2 is 1.71 bits per heavy atom. The first-order valence-electron chi connectivity index (χ1n) is 9.70. The number of nitriles is 1. The van der Waals surface area contributed by atoms with E-state index >= 15 is 0 Å². The molecule has 4 aromatic rings. The highest BCUT2D eigenvalue weighted by Crippen LogP contribution is 2.24. The molecule has 0 N–H and O–H groups in total. The number of benzene rings is 4. The first-order valence-corrected chi connectivity index (χ1v) is 9.70. The Balaban J connectivity index is 1.50. The molecule has 0 amide bonds. The predicted molar refractivity (Wildman–Crippen MR) is 121 cm³/mol. The van der Waals surface area contributed by atoms with Crippen molar-refractivity contribution in [1.29, 1.82) is 5.26 Å². The van der Waals surface area contributed by atoms with E-state index in [2.05, 4.69) is 30.3 Å². The molecule has 4 rings (SSSR count). The van der Waals surface area contributed by atoms with E-state index in [4.69, 9.17) is 4.74 Å². The molecule has 0 saturated heterocycles. The van der Waals surface area contributed by atoms with Gasteiger partial charge in [0, 0.05) is 12.1 Å². The maximum atomic E-state index is 11.0. The van der Waals surface area contributed by atoms with Gasteiger partial charge in [-0.15, -0.1) is 0 Å². The normalized spacial score (nSPS) is 11.1. The predicted octanol–water partition coefficient (Wildman–Crippen LogP) is 6.39. The monoisotopic (exact) mass is 406 g/mol. The number of nitro groups is 1. The lowest BCUT2D eigenvalue weighted by Gasteiger charge is -2.09. The molecule has 0 saturated carbocycles. The molecule has 0 fully saturated rings. The molecule has 5 heteroatoms. The maximum absolute atomic E-state index is 11.0. The Kier molecular flexibility index (Phi) is 5.72. The first-order chi connectivity index (χ1) is 15.1. The first kappa shape index (κ1) is 19.9. The standard InChI is InChI=1S/C26H18N2O3/c27-17-23(21-7-4-9-24(16-21)28(29)30)15-19-11-13-25(14-12-19)31-18-22-8-3-6-20-5-1-2-10-26(20)22/h1-16H,18H2. The van der Waals surface area contributed by atoms with Crippen LogP contribution in [0.5, 0.6) is 5.75 Å². The van der Waals surface area contributed by atoms with Gasteiger partial charge in [0.05, 0.1) is 16.6 Å². The van der Waals surface area contributed by atoms with Crippen LogP contribution in [0.15, 0.2) is 91.0 Å². The minimum Gasteiger partial charge on any atom is -0.489 e. The van der Waals surface area contributed by atoms with Gasteiger partial charge >= 0.3 is 0 Å². The fraction of sp³-hybridized carbons (Fsp3) is 0.0385. The molecule has 0 aliphatic carbocycles. The number of rotatable bonds is 6. The van der Waals surface area contributed by atoms with Gasteiger partial charge in [-0.25, -0.2) is 0 Å². The summed E-state index contributed by atoms with van der Waals surface area (Å²) in [6.45, 7) is 0.452. The van der Waals surface area contributed by atoms with Gasteiger partial charge < -0.3 is 4.74 Å². The Morgan fingerprint density at radius 3 is 2.48 bits per heavy atom. The summed E-state index contributed by atoms with van der Waals surface area (Å²) in [7, 11) is 0. The zero-order chi connectivity index (χ0) is 21.6. The van der Waals surface area contributed by atoms with E-state index in [0.717, 1.165) is 16.9 Å². The van der Waals surface area contributed by atoms with Gasteiger partial charge in [0.2, 0.25) is 0 Å². The van der Waals surface area contributed by atoms with Crippen LogP contribution in [0.2, 0.25) is 0 Å². The zero-order valence-corrected chi connectivity index (χ0v) is 16.6. The second kappa shape index (κ2) is 8.93. The number of non-ortho nitro benzene ring substituents is 1. The summed E-state index contributed by atoms with van der Waals surface area (Å²) >= 11 is 0. The number of nitro benzene ring substituents is 1. The molecule has 5 nitrogen and oxygen atoms in total. The Morgan fingerprint density at radius 1 is 0.968 bits per heavy atom. The van der Waals surface area contributed by atoms with Crippen molar-refractivity contribution < 1.29 is 9.66 Å². The summed E-state index contributed by atoms with van der Waals surface area (Å²) in [5.74, 6) is 0.721. The van der Waals surface area contributed by atoms with E-state index in [9.17, 15) is 15.4 Å². The molecule has 0 spiro atoms.